The molecule has 0 saturated heterocycles. The predicted octanol–water partition coefficient (Wildman–Crippen LogP) is 2.97. The van der Waals surface area contributed by atoms with Crippen molar-refractivity contribution in [2.45, 2.75) is 58.9 Å². The lowest BCUT2D eigenvalue weighted by Crippen LogP contribution is -2.40. The Hall–Kier alpha value is -0.530. The molecular weight excluding hydrogens is 198 g/mol. The van der Waals surface area contributed by atoms with Crippen LogP contribution in [0.25, 0.3) is 0 Å². The number of nitrogens with one attached hydrogen (secondary N) is 1. The minimum absolute atomic E-state index is 0.241. The van der Waals surface area contributed by atoms with Gasteiger partial charge in [0.1, 0.15) is 0 Å². The molecule has 0 aromatic carbocycles. The third-order valence-electron chi connectivity index (χ3n) is 4.42. The summed E-state index contributed by atoms with van der Waals surface area (Å²) in [7, 11) is 0. The molecule has 16 heavy (non-hydrogen) atoms. The number of hydrogen-bond donors (Lipinski definition) is 1. The van der Waals surface area contributed by atoms with Crippen LogP contribution in [0.4, 0.5) is 0 Å². The van der Waals surface area contributed by atoms with Crippen LogP contribution in [-0.4, -0.2) is 11.9 Å². The summed E-state index contributed by atoms with van der Waals surface area (Å²) < 4.78 is 0. The fourth-order valence-electron chi connectivity index (χ4n) is 3.70. The second-order valence-corrected chi connectivity index (χ2v) is 6.29. The molecule has 2 heteroatoms. The zero-order chi connectivity index (χ0) is 11.7. The van der Waals surface area contributed by atoms with E-state index in [1.54, 1.807) is 0 Å². The van der Waals surface area contributed by atoms with E-state index in [4.69, 9.17) is 0 Å². The lowest BCUT2D eigenvalue weighted by Gasteiger charge is -2.28. The van der Waals surface area contributed by atoms with Crippen molar-refractivity contribution in [3.8, 4) is 0 Å². The Morgan fingerprint density at radius 1 is 1.25 bits per heavy atom. The molecule has 4 atom stereocenters. The summed E-state index contributed by atoms with van der Waals surface area (Å²) in [4.78, 5) is 11.7. The summed E-state index contributed by atoms with van der Waals surface area (Å²) in [6.07, 6.45) is 6.29. The van der Waals surface area contributed by atoms with Gasteiger partial charge in [-0.1, -0.05) is 20.3 Å². The van der Waals surface area contributed by atoms with E-state index in [2.05, 4.69) is 26.1 Å². The van der Waals surface area contributed by atoms with Gasteiger partial charge in [0.25, 0.3) is 0 Å². The van der Waals surface area contributed by atoms with Gasteiger partial charge in [-0.05, 0) is 49.9 Å². The maximum atomic E-state index is 11.7. The number of amides is 1. The molecule has 2 fully saturated rings. The van der Waals surface area contributed by atoms with Crippen LogP contribution in [0, 0.1) is 23.7 Å². The standard InChI is InChI=1S/C14H25NO/c1-9(2)6-14(16)15-10(3)13-8-11-4-5-12(13)7-11/h9-13H,4-8H2,1-3H3,(H,15,16)/t10-,11+,12+,13+/m0/s1. The monoisotopic (exact) mass is 223 g/mol. The first-order valence-corrected chi connectivity index (χ1v) is 6.85. The van der Waals surface area contributed by atoms with Crippen LogP contribution in [-0.2, 0) is 4.79 Å². The van der Waals surface area contributed by atoms with Crippen molar-refractivity contribution in [2.24, 2.45) is 23.7 Å². The van der Waals surface area contributed by atoms with E-state index >= 15 is 0 Å². The SMILES string of the molecule is CC(C)CC(=O)N[C@@H](C)[C@H]1C[C@@H]2CC[C@@H]1C2. The highest BCUT2D eigenvalue weighted by molar-refractivity contribution is 5.76. The Bertz CT molecular complexity index is 261. The third kappa shape index (κ3) is 2.58. The van der Waals surface area contributed by atoms with Gasteiger partial charge in [-0.3, -0.25) is 4.79 Å². The summed E-state index contributed by atoms with van der Waals surface area (Å²) >= 11 is 0. The van der Waals surface area contributed by atoms with Gasteiger partial charge in [-0.2, -0.15) is 0 Å². The molecule has 1 amide bonds. The van der Waals surface area contributed by atoms with Crippen LogP contribution in [0.1, 0.15) is 52.9 Å². The normalized spacial score (nSPS) is 34.4. The molecule has 2 bridgehead atoms. The Morgan fingerprint density at radius 3 is 2.50 bits per heavy atom. The lowest BCUT2D eigenvalue weighted by atomic mass is 9.84. The molecular formula is C14H25NO. The topological polar surface area (TPSA) is 29.1 Å². The molecule has 2 rings (SSSR count). The summed E-state index contributed by atoms with van der Waals surface area (Å²) in [5, 5.41) is 3.20. The van der Waals surface area contributed by atoms with E-state index in [-0.39, 0.29) is 5.91 Å². The van der Waals surface area contributed by atoms with Crippen LogP contribution in [0.15, 0.2) is 0 Å². The summed E-state index contributed by atoms with van der Waals surface area (Å²) in [5.74, 6) is 3.34. The quantitative estimate of drug-likeness (QED) is 0.780. The van der Waals surface area contributed by atoms with Gasteiger partial charge < -0.3 is 5.32 Å². The van der Waals surface area contributed by atoms with E-state index in [1.807, 2.05) is 0 Å². The van der Waals surface area contributed by atoms with Crippen molar-refractivity contribution < 1.29 is 4.79 Å². The highest BCUT2D eigenvalue weighted by Gasteiger charge is 2.42. The van der Waals surface area contributed by atoms with Crippen molar-refractivity contribution in [1.82, 2.24) is 5.32 Å². The first-order chi connectivity index (χ1) is 7.56. The molecule has 0 aliphatic heterocycles. The molecule has 0 spiro atoms. The first kappa shape index (κ1) is 11.9. The van der Waals surface area contributed by atoms with Gasteiger partial charge in [0, 0.05) is 12.5 Å². The fraction of sp³-hybridized carbons (Fsp3) is 0.929. The largest absolute Gasteiger partial charge is 0.353 e. The molecule has 0 heterocycles. The minimum Gasteiger partial charge on any atom is -0.353 e. The second-order valence-electron chi connectivity index (χ2n) is 6.29. The third-order valence-corrected chi connectivity index (χ3v) is 4.42. The Kier molecular flexibility index (Phi) is 3.56. The summed E-state index contributed by atoms with van der Waals surface area (Å²) in [6, 6.07) is 0.390. The molecule has 0 radical (unpaired) electrons. The highest BCUT2D eigenvalue weighted by atomic mass is 16.1. The van der Waals surface area contributed by atoms with Crippen molar-refractivity contribution in [2.75, 3.05) is 0 Å². The molecule has 0 aromatic rings. The first-order valence-electron chi connectivity index (χ1n) is 6.85. The second kappa shape index (κ2) is 4.77. The van der Waals surface area contributed by atoms with E-state index in [0.29, 0.717) is 18.4 Å². The number of rotatable bonds is 4. The van der Waals surface area contributed by atoms with Crippen molar-refractivity contribution >= 4 is 5.91 Å². The summed E-state index contributed by atoms with van der Waals surface area (Å²) in [6.45, 7) is 6.40. The Morgan fingerprint density at radius 2 is 2.00 bits per heavy atom. The molecule has 0 unspecified atom stereocenters. The molecule has 2 aliphatic carbocycles. The van der Waals surface area contributed by atoms with Crippen molar-refractivity contribution in [1.29, 1.82) is 0 Å². The molecule has 1 N–H and O–H groups in total. The highest BCUT2D eigenvalue weighted by Crippen LogP contribution is 2.49. The van der Waals surface area contributed by atoms with E-state index in [9.17, 15) is 4.79 Å². The van der Waals surface area contributed by atoms with Gasteiger partial charge >= 0.3 is 0 Å². The Balaban J connectivity index is 1.80. The van der Waals surface area contributed by atoms with Crippen LogP contribution >= 0.6 is 0 Å². The lowest BCUT2D eigenvalue weighted by molar-refractivity contribution is -0.122. The molecule has 0 aromatic heterocycles. The van der Waals surface area contributed by atoms with Gasteiger partial charge in [-0.25, -0.2) is 0 Å². The Labute approximate surface area is 99.2 Å². The zero-order valence-corrected chi connectivity index (χ0v) is 10.8. The zero-order valence-electron chi connectivity index (χ0n) is 10.8. The van der Waals surface area contributed by atoms with Crippen LogP contribution in [0.2, 0.25) is 0 Å². The summed E-state index contributed by atoms with van der Waals surface area (Å²) in [5.41, 5.74) is 0. The number of hydrogen-bond acceptors (Lipinski definition) is 1. The van der Waals surface area contributed by atoms with Gasteiger partial charge in [-0.15, -0.1) is 0 Å². The number of carbonyl (C=O) groups is 1. The van der Waals surface area contributed by atoms with Gasteiger partial charge in [0.15, 0.2) is 0 Å². The van der Waals surface area contributed by atoms with Crippen LogP contribution in [0.5, 0.6) is 0 Å². The smallest absolute Gasteiger partial charge is 0.220 e. The molecule has 2 saturated carbocycles. The van der Waals surface area contributed by atoms with Crippen LogP contribution < -0.4 is 5.32 Å². The van der Waals surface area contributed by atoms with Crippen LogP contribution in [0.3, 0.4) is 0 Å². The van der Waals surface area contributed by atoms with E-state index in [0.717, 1.165) is 17.8 Å². The fourth-order valence-corrected chi connectivity index (χ4v) is 3.70. The molecule has 2 nitrogen and oxygen atoms in total. The molecule has 92 valence electrons. The van der Waals surface area contributed by atoms with Crippen molar-refractivity contribution in [3.05, 3.63) is 0 Å². The van der Waals surface area contributed by atoms with E-state index < -0.39 is 0 Å². The average molecular weight is 223 g/mol. The molecule has 2 aliphatic rings. The maximum Gasteiger partial charge on any atom is 0.220 e. The number of carbonyl (C=O) groups excluding carboxylic acids is 1. The maximum absolute atomic E-state index is 11.7. The number of fused-ring (bicyclic) bond motifs is 2. The minimum atomic E-state index is 0.241. The van der Waals surface area contributed by atoms with Crippen molar-refractivity contribution in [3.63, 3.8) is 0 Å². The van der Waals surface area contributed by atoms with E-state index in [1.165, 1.54) is 25.7 Å². The van der Waals surface area contributed by atoms with Gasteiger partial charge in [0.05, 0.1) is 0 Å². The predicted molar refractivity (Wildman–Crippen MR) is 66.0 cm³/mol. The van der Waals surface area contributed by atoms with Gasteiger partial charge in [0.2, 0.25) is 5.91 Å². The average Bonchev–Trinajstić information content (AvgIpc) is 2.76.